The van der Waals surface area contributed by atoms with Gasteiger partial charge in [-0.25, -0.2) is 0 Å². The van der Waals surface area contributed by atoms with Crippen molar-refractivity contribution in [1.82, 2.24) is 16.0 Å². The Morgan fingerprint density at radius 1 is 1.29 bits per heavy atom. The summed E-state index contributed by atoms with van der Waals surface area (Å²) in [5.74, 6) is 2.00. The summed E-state index contributed by atoms with van der Waals surface area (Å²) in [6.45, 7) is 3.84. The van der Waals surface area contributed by atoms with Gasteiger partial charge in [0.05, 0.1) is 6.54 Å². The largest absolute Gasteiger partial charge is 0.400 e. The maximum Gasteiger partial charge on any atom is 0.147 e. The van der Waals surface area contributed by atoms with Gasteiger partial charge in [-0.1, -0.05) is 6.08 Å². The molecule has 2 fully saturated rings. The molecule has 0 aromatic carbocycles. The summed E-state index contributed by atoms with van der Waals surface area (Å²) >= 11 is 1.78. The second-order valence-electron chi connectivity index (χ2n) is 5.50. The van der Waals surface area contributed by atoms with Gasteiger partial charge in [-0.15, -0.1) is 11.8 Å². The predicted molar refractivity (Wildman–Crippen MR) is 103 cm³/mol. The first-order chi connectivity index (χ1) is 11.8. The quantitative estimate of drug-likeness (QED) is 0.546. The number of hydrogen-bond donors (Lipinski definition) is 4. The first-order valence-electron chi connectivity index (χ1n) is 8.43. The van der Waals surface area contributed by atoms with Gasteiger partial charge in [-0.2, -0.15) is 0 Å². The van der Waals surface area contributed by atoms with Gasteiger partial charge in [0.2, 0.25) is 0 Å². The Kier molecular flexibility index (Phi) is 11.5. The van der Waals surface area contributed by atoms with Crippen molar-refractivity contribution in [1.29, 1.82) is 0 Å². The lowest BCUT2D eigenvalue weighted by molar-refractivity contribution is -0.104. The Hall–Kier alpha value is -1.15. The molecule has 3 aliphatic rings. The van der Waals surface area contributed by atoms with Crippen molar-refractivity contribution < 1.29 is 9.90 Å². The van der Waals surface area contributed by atoms with Crippen LogP contribution in [0.15, 0.2) is 27.6 Å². The minimum atomic E-state index is 0.492. The minimum Gasteiger partial charge on any atom is -0.400 e. The van der Waals surface area contributed by atoms with Crippen molar-refractivity contribution in [3.05, 3.63) is 22.6 Å². The molecule has 3 rings (SSSR count). The van der Waals surface area contributed by atoms with Crippen LogP contribution in [-0.2, 0) is 4.79 Å². The van der Waals surface area contributed by atoms with Gasteiger partial charge in [0.1, 0.15) is 12.1 Å². The molecular weight excluding hydrogens is 324 g/mol. The van der Waals surface area contributed by atoms with Crippen molar-refractivity contribution in [2.75, 3.05) is 46.1 Å². The zero-order chi connectivity index (χ0) is 17.6. The van der Waals surface area contributed by atoms with Crippen LogP contribution in [0, 0.1) is 0 Å². The highest BCUT2D eigenvalue weighted by Gasteiger charge is 2.14. The molecule has 0 aliphatic carbocycles. The van der Waals surface area contributed by atoms with E-state index in [1.165, 1.54) is 32.4 Å². The molecule has 3 aliphatic heterocycles. The molecule has 4 N–H and O–H groups in total. The summed E-state index contributed by atoms with van der Waals surface area (Å²) in [6.07, 6.45) is 8.62. The predicted octanol–water partition coefficient (Wildman–Crippen LogP) is 0.701. The molecule has 0 spiro atoms. The fourth-order valence-electron chi connectivity index (χ4n) is 2.54. The number of carbonyl (C=O) groups is 1. The number of aliphatic hydroxyl groups is 1. The Labute approximate surface area is 149 Å². The molecule has 6 nitrogen and oxygen atoms in total. The number of aldehydes is 1. The maximum absolute atomic E-state index is 10.5. The van der Waals surface area contributed by atoms with Gasteiger partial charge in [0, 0.05) is 35.9 Å². The SMILES string of the molecule is CNC1CCCNCC1.CO.O=CC1=CC=C2SCCNC2=NC1. The van der Waals surface area contributed by atoms with E-state index < -0.39 is 0 Å². The van der Waals surface area contributed by atoms with Crippen LogP contribution in [0.4, 0.5) is 0 Å². The standard InChI is InChI=1S/C9H10N2OS.C7H16N2.CH4O/c12-6-7-1-2-8-9(11-5-7)10-3-4-13-8;1-8-7-3-2-5-9-6-4-7;1-2/h1-2,6H,3-5H2,(H,10,11);7-9H,2-6H2,1H3;2H,1H3. The van der Waals surface area contributed by atoms with Crippen molar-refractivity contribution >= 4 is 23.9 Å². The zero-order valence-electron chi connectivity index (χ0n) is 14.7. The minimum absolute atomic E-state index is 0.492. The lowest BCUT2D eigenvalue weighted by Gasteiger charge is -2.17. The van der Waals surface area contributed by atoms with Crippen LogP contribution in [0.5, 0.6) is 0 Å². The number of amidine groups is 1. The lowest BCUT2D eigenvalue weighted by Crippen LogP contribution is -2.31. The average Bonchev–Trinajstić information content (AvgIpc) is 3.04. The van der Waals surface area contributed by atoms with Crippen molar-refractivity contribution in [2.24, 2.45) is 4.99 Å². The van der Waals surface area contributed by atoms with Crippen LogP contribution in [0.25, 0.3) is 0 Å². The topological polar surface area (TPSA) is 85.8 Å². The van der Waals surface area contributed by atoms with Gasteiger partial charge in [-0.05, 0) is 45.5 Å². The number of hydrogen-bond acceptors (Lipinski definition) is 7. The first-order valence-corrected chi connectivity index (χ1v) is 9.42. The van der Waals surface area contributed by atoms with Gasteiger partial charge in [-0.3, -0.25) is 9.79 Å². The molecule has 3 heterocycles. The third-order valence-corrected chi connectivity index (χ3v) is 4.94. The van der Waals surface area contributed by atoms with Crippen LogP contribution < -0.4 is 16.0 Å². The molecule has 1 atom stereocenters. The molecule has 0 aromatic rings. The van der Waals surface area contributed by atoms with E-state index in [9.17, 15) is 4.79 Å². The molecule has 1 unspecified atom stereocenters. The highest BCUT2D eigenvalue weighted by molar-refractivity contribution is 8.04. The summed E-state index contributed by atoms with van der Waals surface area (Å²) in [4.78, 5) is 16.0. The van der Waals surface area contributed by atoms with E-state index in [1.807, 2.05) is 12.2 Å². The number of carbonyl (C=O) groups excluding carboxylic acids is 1. The van der Waals surface area contributed by atoms with Gasteiger partial charge in [0.15, 0.2) is 0 Å². The molecule has 7 heteroatoms. The van der Waals surface area contributed by atoms with Gasteiger partial charge in [0.25, 0.3) is 0 Å². The fourth-order valence-corrected chi connectivity index (χ4v) is 3.40. The van der Waals surface area contributed by atoms with Crippen molar-refractivity contribution in [2.45, 2.75) is 25.3 Å². The Morgan fingerprint density at radius 2 is 2.12 bits per heavy atom. The first kappa shape index (κ1) is 20.9. The Morgan fingerprint density at radius 3 is 2.88 bits per heavy atom. The highest BCUT2D eigenvalue weighted by Crippen LogP contribution is 2.21. The molecular formula is C17H30N4O2S. The van der Waals surface area contributed by atoms with Crippen LogP contribution >= 0.6 is 11.8 Å². The van der Waals surface area contributed by atoms with Crippen LogP contribution in [0.1, 0.15) is 19.3 Å². The number of rotatable bonds is 2. The Bertz CT molecular complexity index is 456. The number of nitrogens with zero attached hydrogens (tertiary/aromatic N) is 1. The summed E-state index contributed by atoms with van der Waals surface area (Å²) in [7, 11) is 3.05. The number of aliphatic imine (C=N–C) groups is 1. The lowest BCUT2D eigenvalue weighted by atomic mass is 10.1. The summed E-state index contributed by atoms with van der Waals surface area (Å²) in [5.41, 5.74) is 0.733. The second-order valence-corrected chi connectivity index (χ2v) is 6.63. The highest BCUT2D eigenvalue weighted by atomic mass is 32.2. The average molecular weight is 355 g/mol. The number of fused-ring (bicyclic) bond motifs is 1. The molecule has 136 valence electrons. The maximum atomic E-state index is 10.5. The molecule has 0 amide bonds. The monoisotopic (exact) mass is 354 g/mol. The smallest absolute Gasteiger partial charge is 0.147 e. The molecule has 0 aromatic heterocycles. The third kappa shape index (κ3) is 7.61. The van der Waals surface area contributed by atoms with Crippen LogP contribution in [-0.4, -0.2) is 69.4 Å². The molecule has 0 radical (unpaired) electrons. The fraction of sp³-hybridized carbons (Fsp3) is 0.647. The van der Waals surface area contributed by atoms with Crippen molar-refractivity contribution in [3.63, 3.8) is 0 Å². The summed E-state index contributed by atoms with van der Waals surface area (Å²) < 4.78 is 0. The second kappa shape index (κ2) is 13.2. The van der Waals surface area contributed by atoms with Crippen molar-refractivity contribution in [3.8, 4) is 0 Å². The van der Waals surface area contributed by atoms with E-state index >= 15 is 0 Å². The zero-order valence-corrected chi connectivity index (χ0v) is 15.5. The van der Waals surface area contributed by atoms with Gasteiger partial charge < -0.3 is 21.1 Å². The molecule has 0 saturated carbocycles. The van der Waals surface area contributed by atoms with E-state index in [4.69, 9.17) is 5.11 Å². The molecule has 2 saturated heterocycles. The number of thioether (sulfide) groups is 1. The number of aliphatic hydroxyl groups excluding tert-OH is 1. The van der Waals surface area contributed by atoms with E-state index in [1.54, 1.807) is 11.8 Å². The van der Waals surface area contributed by atoms with E-state index in [2.05, 4.69) is 28.0 Å². The summed E-state index contributed by atoms with van der Waals surface area (Å²) in [6, 6.07) is 0.764. The number of allylic oxidation sites excluding steroid dienone is 2. The van der Waals surface area contributed by atoms with Gasteiger partial charge >= 0.3 is 0 Å². The van der Waals surface area contributed by atoms with Crippen LogP contribution in [0.2, 0.25) is 0 Å². The Balaban J connectivity index is 0.000000230. The van der Waals surface area contributed by atoms with E-state index in [0.29, 0.717) is 6.54 Å². The normalized spacial score (nSPS) is 23.0. The summed E-state index contributed by atoms with van der Waals surface area (Å²) in [5, 5.41) is 16.9. The van der Waals surface area contributed by atoms with E-state index in [0.717, 1.165) is 48.0 Å². The molecule has 24 heavy (non-hydrogen) atoms. The number of nitrogens with one attached hydrogen (secondary N) is 3. The molecule has 0 bridgehead atoms. The third-order valence-electron chi connectivity index (χ3n) is 3.89. The van der Waals surface area contributed by atoms with E-state index in [-0.39, 0.29) is 0 Å². The van der Waals surface area contributed by atoms with Crippen LogP contribution in [0.3, 0.4) is 0 Å².